The van der Waals surface area contributed by atoms with Gasteiger partial charge in [-0.15, -0.1) is 0 Å². The van der Waals surface area contributed by atoms with Gasteiger partial charge in [-0.1, -0.05) is 36.0 Å². The Morgan fingerprint density at radius 3 is 2.81 bits per heavy atom. The summed E-state index contributed by atoms with van der Waals surface area (Å²) in [6.45, 7) is 0. The van der Waals surface area contributed by atoms with Crippen LogP contribution in [-0.2, 0) is 12.8 Å². The van der Waals surface area contributed by atoms with E-state index in [1.54, 1.807) is 0 Å². The zero-order chi connectivity index (χ0) is 17.7. The van der Waals surface area contributed by atoms with E-state index in [-0.39, 0.29) is 11.1 Å². The number of benzene rings is 2. The highest BCUT2D eigenvalue weighted by Crippen LogP contribution is 2.27. The van der Waals surface area contributed by atoms with E-state index in [4.69, 9.17) is 4.42 Å². The van der Waals surface area contributed by atoms with Crippen molar-refractivity contribution in [2.45, 2.75) is 10.9 Å². The van der Waals surface area contributed by atoms with Crippen LogP contribution in [0, 0.1) is 0 Å². The lowest BCUT2D eigenvalue weighted by Gasteiger charge is -2.02. The zero-order valence-corrected chi connectivity index (χ0v) is 14.7. The van der Waals surface area contributed by atoms with Gasteiger partial charge in [-0.2, -0.15) is 0 Å². The fourth-order valence-electron chi connectivity index (χ4n) is 3.10. The van der Waals surface area contributed by atoms with Gasteiger partial charge in [-0.05, 0) is 24.3 Å². The normalized spacial score (nSPS) is 11.7. The van der Waals surface area contributed by atoms with E-state index < -0.39 is 0 Å². The molecule has 3 aromatic heterocycles. The van der Waals surface area contributed by atoms with Gasteiger partial charge in [0.1, 0.15) is 16.9 Å². The number of furan rings is 1. The van der Waals surface area contributed by atoms with Gasteiger partial charge in [0.25, 0.3) is 5.56 Å². The lowest BCUT2D eigenvalue weighted by molar-refractivity contribution is 0.660. The average molecular weight is 362 g/mol. The fourth-order valence-corrected chi connectivity index (χ4v) is 3.96. The zero-order valence-electron chi connectivity index (χ0n) is 13.9. The van der Waals surface area contributed by atoms with Crippen molar-refractivity contribution in [3.8, 4) is 0 Å². The molecule has 0 amide bonds. The second-order valence-corrected chi connectivity index (χ2v) is 6.96. The van der Waals surface area contributed by atoms with E-state index in [1.165, 1.54) is 11.8 Å². The van der Waals surface area contributed by atoms with Crippen LogP contribution >= 0.6 is 11.8 Å². The van der Waals surface area contributed by atoms with Crippen LogP contribution in [0.4, 0.5) is 0 Å². The number of fused-ring (bicyclic) bond motifs is 4. The number of thioether (sulfide) groups is 1. The molecule has 0 aliphatic carbocycles. The van der Waals surface area contributed by atoms with E-state index in [1.807, 2.05) is 60.1 Å². The molecule has 0 saturated carbocycles. The molecule has 0 radical (unpaired) electrons. The Labute approximate surface area is 151 Å². The Hall–Kier alpha value is -3.06. The van der Waals surface area contributed by atoms with Gasteiger partial charge in [0.15, 0.2) is 5.16 Å². The number of aryl methyl sites for hydroxylation is 1. The minimum Gasteiger partial charge on any atom is -0.449 e. The van der Waals surface area contributed by atoms with Crippen LogP contribution in [0.3, 0.4) is 0 Å². The molecule has 0 saturated heterocycles. The first kappa shape index (κ1) is 15.2. The van der Waals surface area contributed by atoms with Gasteiger partial charge in [0.05, 0.1) is 16.8 Å². The lowest BCUT2D eigenvalue weighted by Crippen LogP contribution is -2.10. The molecular weight excluding hydrogens is 348 g/mol. The molecule has 6 nitrogen and oxygen atoms in total. The molecular formula is C19H14N4O2S. The summed E-state index contributed by atoms with van der Waals surface area (Å²) < 4.78 is 7.68. The Bertz CT molecular complexity index is 1330. The maximum absolute atomic E-state index is 12.4. The first-order chi connectivity index (χ1) is 12.7. The number of rotatable bonds is 3. The third-order valence-electron chi connectivity index (χ3n) is 4.36. The highest BCUT2D eigenvalue weighted by molar-refractivity contribution is 7.98. The number of hydrogen-bond acceptors (Lipinski definition) is 5. The van der Waals surface area contributed by atoms with E-state index in [0.717, 1.165) is 21.6 Å². The number of aromatic nitrogens is 4. The number of hydrogen-bond donors (Lipinski definition) is 1. The van der Waals surface area contributed by atoms with E-state index >= 15 is 0 Å². The molecule has 0 unspecified atom stereocenters. The molecule has 0 spiro atoms. The van der Waals surface area contributed by atoms with E-state index in [9.17, 15) is 4.79 Å². The maximum Gasteiger partial charge on any atom is 0.294 e. The number of nitrogens with zero attached hydrogens (tertiary/aromatic N) is 3. The number of nitrogens with one attached hydrogen (secondary N) is 1. The van der Waals surface area contributed by atoms with Gasteiger partial charge in [-0.3, -0.25) is 4.79 Å². The van der Waals surface area contributed by atoms with E-state index in [0.29, 0.717) is 22.7 Å². The van der Waals surface area contributed by atoms with Gasteiger partial charge in [0, 0.05) is 12.4 Å². The molecule has 0 aliphatic heterocycles. The SMILES string of the molecule is Cn1c(SCc2nc3c(oc4ccccc43)c(=O)[nH]2)nc2ccccc21. The second-order valence-electron chi connectivity index (χ2n) is 6.02. The third-order valence-corrected chi connectivity index (χ3v) is 5.41. The van der Waals surface area contributed by atoms with E-state index in [2.05, 4.69) is 15.0 Å². The van der Waals surface area contributed by atoms with Crippen LogP contribution in [0.2, 0.25) is 0 Å². The standard InChI is InChI=1S/C19H14N4O2S/c1-23-13-8-4-3-7-12(13)20-19(23)26-10-15-21-16-11-6-2-5-9-14(11)25-17(16)18(24)22-15/h2-9H,10H2,1H3,(H,21,22,24). The fraction of sp³-hybridized carbons (Fsp3) is 0.105. The molecule has 128 valence electrons. The van der Waals surface area contributed by atoms with Crippen molar-refractivity contribution >= 4 is 44.9 Å². The van der Waals surface area contributed by atoms with Crippen molar-refractivity contribution in [1.29, 1.82) is 0 Å². The summed E-state index contributed by atoms with van der Waals surface area (Å²) in [7, 11) is 1.99. The molecule has 0 bridgehead atoms. The van der Waals surface area contributed by atoms with Crippen LogP contribution < -0.4 is 5.56 Å². The molecule has 0 atom stereocenters. The average Bonchev–Trinajstić information content (AvgIpc) is 3.19. The molecule has 1 N–H and O–H groups in total. The van der Waals surface area contributed by atoms with Crippen molar-refractivity contribution < 1.29 is 4.42 Å². The summed E-state index contributed by atoms with van der Waals surface area (Å²) in [6, 6.07) is 15.5. The second kappa shape index (κ2) is 5.74. The number of aromatic amines is 1. The van der Waals surface area contributed by atoms with Gasteiger partial charge in [-0.25, -0.2) is 9.97 Å². The maximum atomic E-state index is 12.4. The summed E-state index contributed by atoms with van der Waals surface area (Å²) in [5.74, 6) is 1.12. The molecule has 5 rings (SSSR count). The lowest BCUT2D eigenvalue weighted by atomic mass is 10.2. The molecule has 2 aromatic carbocycles. The summed E-state index contributed by atoms with van der Waals surface area (Å²) in [5, 5.41) is 1.73. The molecule has 5 aromatic rings. The third kappa shape index (κ3) is 2.32. The number of para-hydroxylation sites is 3. The van der Waals surface area contributed by atoms with Gasteiger partial charge in [0.2, 0.25) is 5.58 Å². The first-order valence-corrected chi connectivity index (χ1v) is 9.14. The van der Waals surface area contributed by atoms with Crippen LogP contribution in [0.5, 0.6) is 0 Å². The predicted molar refractivity (Wildman–Crippen MR) is 102 cm³/mol. The monoisotopic (exact) mass is 362 g/mol. The van der Waals surface area contributed by atoms with Gasteiger partial charge < -0.3 is 14.0 Å². The molecule has 7 heteroatoms. The summed E-state index contributed by atoms with van der Waals surface area (Å²) in [4.78, 5) is 24.4. The van der Waals surface area contributed by atoms with Crippen molar-refractivity contribution in [1.82, 2.24) is 19.5 Å². The largest absolute Gasteiger partial charge is 0.449 e. The summed E-state index contributed by atoms with van der Waals surface area (Å²) in [6.07, 6.45) is 0. The highest BCUT2D eigenvalue weighted by Gasteiger charge is 2.14. The molecule has 0 fully saturated rings. The first-order valence-electron chi connectivity index (χ1n) is 8.15. The predicted octanol–water partition coefficient (Wildman–Crippen LogP) is 3.85. The number of H-pyrrole nitrogens is 1. The molecule has 26 heavy (non-hydrogen) atoms. The minimum atomic E-state index is -0.258. The minimum absolute atomic E-state index is 0.258. The van der Waals surface area contributed by atoms with Crippen LogP contribution in [0.1, 0.15) is 5.82 Å². The Kier molecular flexibility index (Phi) is 3.36. The van der Waals surface area contributed by atoms with Gasteiger partial charge >= 0.3 is 0 Å². The van der Waals surface area contributed by atoms with Crippen molar-refractivity contribution in [3.05, 3.63) is 64.7 Å². The van der Waals surface area contributed by atoms with Crippen molar-refractivity contribution in [2.75, 3.05) is 0 Å². The Morgan fingerprint density at radius 2 is 1.92 bits per heavy atom. The van der Waals surface area contributed by atoms with Crippen LogP contribution in [-0.4, -0.2) is 19.5 Å². The molecule has 3 heterocycles. The van der Waals surface area contributed by atoms with Crippen molar-refractivity contribution in [2.24, 2.45) is 7.05 Å². The topological polar surface area (TPSA) is 76.7 Å². The Morgan fingerprint density at radius 1 is 1.12 bits per heavy atom. The van der Waals surface area contributed by atoms with Crippen molar-refractivity contribution in [3.63, 3.8) is 0 Å². The van der Waals surface area contributed by atoms with Crippen LogP contribution in [0.15, 0.2) is 62.9 Å². The molecule has 0 aliphatic rings. The van der Waals surface area contributed by atoms with Crippen LogP contribution in [0.25, 0.3) is 33.1 Å². The highest BCUT2D eigenvalue weighted by atomic mass is 32.2. The Balaban J connectivity index is 1.53. The quantitative estimate of drug-likeness (QED) is 0.493. The summed E-state index contributed by atoms with van der Waals surface area (Å²) in [5.41, 5.74) is 3.31. The number of imidazole rings is 1. The summed E-state index contributed by atoms with van der Waals surface area (Å²) >= 11 is 1.54. The smallest absolute Gasteiger partial charge is 0.294 e.